The van der Waals surface area contributed by atoms with Crippen LogP contribution < -0.4 is 0 Å². The maximum absolute atomic E-state index is 9.82. The van der Waals surface area contributed by atoms with Gasteiger partial charge in [-0.25, -0.2) is 0 Å². The van der Waals surface area contributed by atoms with Crippen LogP contribution in [0.1, 0.15) is 32.6 Å². The van der Waals surface area contributed by atoms with Gasteiger partial charge in [-0.2, -0.15) is 0 Å². The number of aliphatic hydroxyl groups is 2. The van der Waals surface area contributed by atoms with Gasteiger partial charge in [0, 0.05) is 5.92 Å². The molecular weight excluding hydrogens is 152 g/mol. The van der Waals surface area contributed by atoms with Gasteiger partial charge in [0.2, 0.25) is 0 Å². The highest BCUT2D eigenvalue weighted by Gasteiger charge is 2.42. The van der Waals surface area contributed by atoms with Gasteiger partial charge in [0.05, 0.1) is 12.2 Å². The lowest BCUT2D eigenvalue weighted by Gasteiger charge is -2.44. The second-order valence-corrected chi connectivity index (χ2v) is 4.64. The van der Waals surface area contributed by atoms with Gasteiger partial charge in [-0.15, -0.1) is 0 Å². The van der Waals surface area contributed by atoms with E-state index in [0.717, 1.165) is 25.7 Å². The molecule has 2 bridgehead atoms. The summed E-state index contributed by atoms with van der Waals surface area (Å²) in [7, 11) is 0. The Bertz CT molecular complexity index is 169. The second-order valence-electron chi connectivity index (χ2n) is 4.64. The molecule has 0 heterocycles. The zero-order valence-corrected chi connectivity index (χ0v) is 7.61. The van der Waals surface area contributed by atoms with Crippen LogP contribution in [-0.4, -0.2) is 22.4 Å². The third-order valence-corrected chi connectivity index (χ3v) is 3.63. The fraction of sp³-hybridized carbons (Fsp3) is 1.00. The molecule has 2 rings (SSSR count). The van der Waals surface area contributed by atoms with Gasteiger partial charge < -0.3 is 10.2 Å². The Morgan fingerprint density at radius 1 is 1.08 bits per heavy atom. The van der Waals surface area contributed by atoms with E-state index in [1.54, 1.807) is 0 Å². The van der Waals surface area contributed by atoms with Gasteiger partial charge in [0.1, 0.15) is 0 Å². The number of rotatable bonds is 0. The molecule has 0 aromatic rings. The summed E-state index contributed by atoms with van der Waals surface area (Å²) in [6.45, 7) is 2.23. The molecule has 2 nitrogen and oxygen atoms in total. The summed E-state index contributed by atoms with van der Waals surface area (Å²) < 4.78 is 0. The molecule has 0 radical (unpaired) electrons. The lowest BCUT2D eigenvalue weighted by molar-refractivity contribution is -0.0935. The molecule has 2 saturated carbocycles. The van der Waals surface area contributed by atoms with Gasteiger partial charge in [0.15, 0.2) is 0 Å². The van der Waals surface area contributed by atoms with Crippen LogP contribution in [0, 0.1) is 17.8 Å². The summed E-state index contributed by atoms with van der Waals surface area (Å²) in [6.07, 6.45) is 3.63. The minimum absolute atomic E-state index is 0.174. The number of hydrogen-bond donors (Lipinski definition) is 2. The molecular formula is C10H18O2. The number of hydrogen-bond acceptors (Lipinski definition) is 2. The minimum Gasteiger partial charge on any atom is -0.393 e. The maximum atomic E-state index is 9.82. The Kier molecular flexibility index (Phi) is 2.13. The second kappa shape index (κ2) is 3.00. The van der Waals surface area contributed by atoms with Crippen LogP contribution in [0.5, 0.6) is 0 Å². The molecule has 0 saturated heterocycles. The van der Waals surface area contributed by atoms with Crippen molar-refractivity contribution in [2.75, 3.05) is 0 Å². The first-order valence-electron chi connectivity index (χ1n) is 5.04. The number of aliphatic hydroxyl groups excluding tert-OH is 2. The van der Waals surface area contributed by atoms with Crippen LogP contribution >= 0.6 is 0 Å². The van der Waals surface area contributed by atoms with Gasteiger partial charge in [-0.05, 0) is 37.5 Å². The van der Waals surface area contributed by atoms with E-state index in [-0.39, 0.29) is 18.1 Å². The normalized spacial score (nSPS) is 53.8. The van der Waals surface area contributed by atoms with E-state index in [0.29, 0.717) is 11.8 Å². The fourth-order valence-electron chi connectivity index (χ4n) is 2.98. The van der Waals surface area contributed by atoms with Crippen LogP contribution in [0.2, 0.25) is 0 Å². The van der Waals surface area contributed by atoms with E-state index in [2.05, 4.69) is 6.92 Å². The highest BCUT2D eigenvalue weighted by Crippen LogP contribution is 2.42. The largest absolute Gasteiger partial charge is 0.393 e. The molecule has 2 heteroatoms. The zero-order valence-electron chi connectivity index (χ0n) is 7.61. The molecule has 0 aliphatic heterocycles. The van der Waals surface area contributed by atoms with Crippen molar-refractivity contribution in [1.82, 2.24) is 0 Å². The molecule has 5 unspecified atom stereocenters. The van der Waals surface area contributed by atoms with Crippen molar-refractivity contribution in [2.45, 2.75) is 44.8 Å². The molecule has 12 heavy (non-hydrogen) atoms. The smallest absolute Gasteiger partial charge is 0.0621 e. The molecule has 70 valence electrons. The Morgan fingerprint density at radius 2 is 1.83 bits per heavy atom. The average molecular weight is 170 g/mol. The summed E-state index contributed by atoms with van der Waals surface area (Å²) in [5.41, 5.74) is 0. The molecule has 0 aromatic heterocycles. The van der Waals surface area contributed by atoms with E-state index in [1.165, 1.54) is 0 Å². The van der Waals surface area contributed by atoms with Crippen LogP contribution in [-0.2, 0) is 0 Å². The third kappa shape index (κ3) is 1.27. The lowest BCUT2D eigenvalue weighted by atomic mass is 9.65. The molecule has 0 spiro atoms. The van der Waals surface area contributed by atoms with Crippen molar-refractivity contribution >= 4 is 0 Å². The van der Waals surface area contributed by atoms with Gasteiger partial charge in [0.25, 0.3) is 0 Å². The molecule has 5 atom stereocenters. The van der Waals surface area contributed by atoms with E-state index < -0.39 is 0 Å². The van der Waals surface area contributed by atoms with E-state index in [4.69, 9.17) is 0 Å². The maximum Gasteiger partial charge on any atom is 0.0621 e. The zero-order chi connectivity index (χ0) is 8.72. The van der Waals surface area contributed by atoms with Crippen LogP contribution in [0.3, 0.4) is 0 Å². The monoisotopic (exact) mass is 170 g/mol. The van der Waals surface area contributed by atoms with Crippen molar-refractivity contribution in [2.24, 2.45) is 17.8 Å². The topological polar surface area (TPSA) is 40.5 Å². The quantitative estimate of drug-likeness (QED) is 0.573. The van der Waals surface area contributed by atoms with Crippen LogP contribution in [0.4, 0.5) is 0 Å². The van der Waals surface area contributed by atoms with Crippen LogP contribution in [0.15, 0.2) is 0 Å². The van der Waals surface area contributed by atoms with Crippen molar-refractivity contribution in [3.8, 4) is 0 Å². The Hall–Kier alpha value is -0.0800. The lowest BCUT2D eigenvalue weighted by Crippen LogP contribution is -2.46. The van der Waals surface area contributed by atoms with Crippen LogP contribution in [0.25, 0.3) is 0 Å². The molecule has 2 fully saturated rings. The first-order chi connectivity index (χ1) is 5.68. The molecule has 2 aliphatic carbocycles. The van der Waals surface area contributed by atoms with Gasteiger partial charge >= 0.3 is 0 Å². The first-order valence-corrected chi connectivity index (χ1v) is 5.04. The predicted octanol–water partition coefficient (Wildman–Crippen LogP) is 1.16. The summed E-state index contributed by atoms with van der Waals surface area (Å²) in [5, 5.41) is 19.5. The Balaban J connectivity index is 2.11. The molecule has 0 aromatic carbocycles. The van der Waals surface area contributed by atoms with Crippen molar-refractivity contribution in [3.05, 3.63) is 0 Å². The van der Waals surface area contributed by atoms with Gasteiger partial charge in [-0.1, -0.05) is 6.92 Å². The van der Waals surface area contributed by atoms with E-state index in [1.807, 2.05) is 0 Å². The minimum atomic E-state index is -0.237. The highest BCUT2D eigenvalue weighted by molar-refractivity contribution is 4.92. The highest BCUT2D eigenvalue weighted by atomic mass is 16.3. The molecule has 0 amide bonds. The SMILES string of the molecule is CC1CC2CCC(O)C(C1)C2O. The van der Waals surface area contributed by atoms with Crippen molar-refractivity contribution in [3.63, 3.8) is 0 Å². The molecule has 2 aliphatic rings. The van der Waals surface area contributed by atoms with Crippen molar-refractivity contribution in [1.29, 1.82) is 0 Å². The van der Waals surface area contributed by atoms with E-state index >= 15 is 0 Å². The average Bonchev–Trinajstić information content (AvgIpc) is 2.01. The summed E-state index contributed by atoms with van der Waals surface area (Å²) >= 11 is 0. The third-order valence-electron chi connectivity index (χ3n) is 3.63. The summed E-state index contributed by atoms with van der Waals surface area (Å²) in [6, 6.07) is 0. The van der Waals surface area contributed by atoms with E-state index in [9.17, 15) is 10.2 Å². The van der Waals surface area contributed by atoms with Crippen molar-refractivity contribution < 1.29 is 10.2 Å². The fourth-order valence-corrected chi connectivity index (χ4v) is 2.98. The Morgan fingerprint density at radius 3 is 2.58 bits per heavy atom. The standard InChI is InChI=1S/C10H18O2/c1-6-4-7-2-3-9(11)8(5-6)10(7)12/h6-12H,2-5H2,1H3. The number of fused-ring (bicyclic) bond motifs is 2. The Labute approximate surface area is 73.6 Å². The summed E-state index contributed by atoms with van der Waals surface area (Å²) in [5.74, 6) is 1.34. The summed E-state index contributed by atoms with van der Waals surface area (Å²) in [4.78, 5) is 0. The van der Waals surface area contributed by atoms with Gasteiger partial charge in [-0.3, -0.25) is 0 Å². The first kappa shape index (κ1) is 8.52. The predicted molar refractivity (Wildman–Crippen MR) is 46.6 cm³/mol. The molecule has 2 N–H and O–H groups in total.